The van der Waals surface area contributed by atoms with Gasteiger partial charge in [-0.2, -0.15) is 0 Å². The number of halogens is 1. The Morgan fingerprint density at radius 2 is 1.47 bits per heavy atom. The molecule has 212 valence electrons. The molecule has 0 unspecified atom stereocenters. The van der Waals surface area contributed by atoms with Crippen LogP contribution in [-0.4, -0.2) is 130 Å². The van der Waals surface area contributed by atoms with E-state index in [0.717, 1.165) is 32.1 Å². The van der Waals surface area contributed by atoms with E-state index in [2.05, 4.69) is 4.74 Å². The van der Waals surface area contributed by atoms with Gasteiger partial charge in [-0.3, -0.25) is 4.79 Å². The second-order valence-corrected chi connectivity index (χ2v) is 8.98. The predicted octanol–water partition coefficient (Wildman–Crippen LogP) is -2.17. The molecule has 13 nitrogen and oxygen atoms in total. The number of rotatable bonds is 14. The van der Waals surface area contributed by atoms with Crippen LogP contribution < -0.4 is 0 Å². The molecule has 0 aromatic heterocycles. The third kappa shape index (κ3) is 7.98. The number of carbonyl (C=O) groups excluding carboxylic acids is 1. The maximum Gasteiger partial charge on any atom is 0.305 e. The molecule has 0 bridgehead atoms. The Labute approximate surface area is 208 Å². The van der Waals surface area contributed by atoms with E-state index in [0.29, 0.717) is 12.8 Å². The van der Waals surface area contributed by atoms with Crippen LogP contribution in [-0.2, 0) is 28.5 Å². The van der Waals surface area contributed by atoms with E-state index in [1.54, 1.807) is 0 Å². The molecule has 2 heterocycles. The summed E-state index contributed by atoms with van der Waals surface area (Å²) in [7, 11) is 1.34. The molecule has 0 amide bonds. The highest BCUT2D eigenvalue weighted by Crippen LogP contribution is 2.35. The first-order valence-corrected chi connectivity index (χ1v) is 12.1. The van der Waals surface area contributed by atoms with Crippen LogP contribution in [0.15, 0.2) is 0 Å². The zero-order valence-electron chi connectivity index (χ0n) is 20.2. The summed E-state index contributed by atoms with van der Waals surface area (Å²) in [5, 5.41) is 69.3. The summed E-state index contributed by atoms with van der Waals surface area (Å²) in [4.78, 5) is 11.1. The van der Waals surface area contributed by atoms with Gasteiger partial charge in [-0.05, 0) is 12.8 Å². The molecular weight excluding hydrogens is 491 g/mol. The maximum absolute atomic E-state index is 14.8. The van der Waals surface area contributed by atoms with Gasteiger partial charge in [0.05, 0.1) is 20.3 Å². The molecule has 7 N–H and O–H groups in total. The molecule has 0 aliphatic carbocycles. The van der Waals surface area contributed by atoms with Crippen LogP contribution >= 0.6 is 0 Å². The Morgan fingerprint density at radius 3 is 2.08 bits per heavy atom. The van der Waals surface area contributed by atoms with Crippen molar-refractivity contribution < 1.29 is 68.6 Å². The summed E-state index contributed by atoms with van der Waals surface area (Å²) in [6.45, 7) is -1.39. The van der Waals surface area contributed by atoms with Gasteiger partial charge in [0.15, 0.2) is 6.29 Å². The standard InChI is InChI=1S/C22H39FO13/c1-32-14(26)8-6-4-2-3-5-7-9-33-20-18(17(29)15(27)12(10-24)34-20)36-21-22(23,31)19(30)16(28)13(11-25)35-21/h12-13,15-21,24-25,27-31H,2-11H2,1H3/t12-,13-,15-,16-,17+,18-,19+,20+,21+,22-/m1/s1. The Hall–Kier alpha value is -1.04. The first kappa shape index (κ1) is 31.2. The van der Waals surface area contributed by atoms with Crippen molar-refractivity contribution in [3.8, 4) is 0 Å². The third-order valence-electron chi connectivity index (χ3n) is 6.32. The smallest absolute Gasteiger partial charge is 0.305 e. The SMILES string of the molecule is COC(=O)CCCCCCCCO[C@H]1O[C@H](CO)[C@@H](O)[C@H](O)[C@H]1O[C@@H]1O[C@H](CO)[C@@H](O)[C@H](O)[C@]1(O)F. The average Bonchev–Trinajstić information content (AvgIpc) is 2.86. The largest absolute Gasteiger partial charge is 0.469 e. The van der Waals surface area contributed by atoms with Crippen molar-refractivity contribution in [2.24, 2.45) is 0 Å². The molecule has 0 saturated carbocycles. The summed E-state index contributed by atoms with van der Waals surface area (Å²) in [5.41, 5.74) is 0. The summed E-state index contributed by atoms with van der Waals surface area (Å²) >= 11 is 0. The fourth-order valence-corrected chi connectivity index (χ4v) is 4.05. The van der Waals surface area contributed by atoms with Crippen LogP contribution in [0.4, 0.5) is 4.39 Å². The Bertz CT molecular complexity index is 653. The zero-order valence-corrected chi connectivity index (χ0v) is 20.2. The minimum absolute atomic E-state index is 0.111. The van der Waals surface area contributed by atoms with Gasteiger partial charge in [0.2, 0.25) is 6.29 Å². The summed E-state index contributed by atoms with van der Waals surface area (Å²) in [6.07, 6.45) is -10.8. The van der Waals surface area contributed by atoms with Crippen LogP contribution in [0.1, 0.15) is 44.9 Å². The van der Waals surface area contributed by atoms with Crippen molar-refractivity contribution in [1.82, 2.24) is 0 Å². The van der Waals surface area contributed by atoms with E-state index in [1.807, 2.05) is 0 Å². The number of carbonyl (C=O) groups is 1. The lowest BCUT2D eigenvalue weighted by molar-refractivity contribution is -0.412. The normalized spacial score (nSPS) is 39.2. The topological polar surface area (TPSA) is 205 Å². The monoisotopic (exact) mass is 530 g/mol. The van der Waals surface area contributed by atoms with Gasteiger partial charge < -0.3 is 59.4 Å². The van der Waals surface area contributed by atoms with Crippen LogP contribution in [0, 0.1) is 0 Å². The number of ether oxygens (including phenoxy) is 5. The lowest BCUT2D eigenvalue weighted by atomic mass is 9.96. The highest BCUT2D eigenvalue weighted by atomic mass is 19.2. The van der Waals surface area contributed by atoms with E-state index in [4.69, 9.17) is 18.9 Å². The third-order valence-corrected chi connectivity index (χ3v) is 6.32. The summed E-state index contributed by atoms with van der Waals surface area (Å²) in [5.74, 6) is -3.88. The number of unbranched alkanes of at least 4 members (excludes halogenated alkanes) is 5. The van der Waals surface area contributed by atoms with Crippen molar-refractivity contribution in [1.29, 1.82) is 0 Å². The van der Waals surface area contributed by atoms with Crippen molar-refractivity contribution >= 4 is 5.97 Å². The number of hydrogen-bond donors (Lipinski definition) is 7. The molecule has 2 rings (SSSR count). The molecule has 2 fully saturated rings. The zero-order chi connectivity index (χ0) is 26.9. The van der Waals surface area contributed by atoms with Crippen LogP contribution in [0.2, 0.25) is 0 Å². The number of hydrogen-bond acceptors (Lipinski definition) is 13. The van der Waals surface area contributed by atoms with Crippen molar-refractivity contribution in [3.63, 3.8) is 0 Å². The highest BCUT2D eigenvalue weighted by molar-refractivity contribution is 5.68. The molecule has 2 aliphatic rings. The number of methoxy groups -OCH3 is 1. The van der Waals surface area contributed by atoms with Crippen LogP contribution in [0.5, 0.6) is 0 Å². The minimum Gasteiger partial charge on any atom is -0.469 e. The molecular formula is C22H39FO13. The first-order chi connectivity index (χ1) is 17.1. The second kappa shape index (κ2) is 14.8. The van der Waals surface area contributed by atoms with Crippen molar-refractivity contribution in [2.45, 2.75) is 106 Å². The fourth-order valence-electron chi connectivity index (χ4n) is 4.05. The molecule has 0 radical (unpaired) electrons. The number of esters is 1. The second-order valence-electron chi connectivity index (χ2n) is 8.98. The van der Waals surface area contributed by atoms with E-state index in [9.17, 15) is 44.9 Å². The van der Waals surface area contributed by atoms with Crippen LogP contribution in [0.3, 0.4) is 0 Å². The lowest BCUT2D eigenvalue weighted by Gasteiger charge is -2.47. The molecule has 0 aromatic carbocycles. The minimum atomic E-state index is -3.64. The van der Waals surface area contributed by atoms with Gasteiger partial charge >= 0.3 is 5.97 Å². The van der Waals surface area contributed by atoms with E-state index < -0.39 is 74.4 Å². The predicted molar refractivity (Wildman–Crippen MR) is 117 cm³/mol. The number of aliphatic hydroxyl groups excluding tert-OH is 6. The van der Waals surface area contributed by atoms with E-state index in [1.165, 1.54) is 7.11 Å². The Kier molecular flexibility index (Phi) is 12.8. The summed E-state index contributed by atoms with van der Waals surface area (Å²) < 4.78 is 40.8. The molecule has 0 spiro atoms. The fraction of sp³-hybridized carbons (Fsp3) is 0.955. The lowest BCUT2D eigenvalue weighted by Crippen LogP contribution is -2.68. The van der Waals surface area contributed by atoms with Gasteiger partial charge in [-0.1, -0.05) is 25.7 Å². The van der Waals surface area contributed by atoms with Gasteiger partial charge in [-0.15, -0.1) is 0 Å². The molecule has 2 aliphatic heterocycles. The quantitative estimate of drug-likeness (QED) is 0.0944. The van der Waals surface area contributed by atoms with Crippen molar-refractivity contribution in [3.05, 3.63) is 0 Å². The Morgan fingerprint density at radius 1 is 0.889 bits per heavy atom. The van der Waals surface area contributed by atoms with E-state index in [-0.39, 0.29) is 12.6 Å². The first-order valence-electron chi connectivity index (χ1n) is 12.1. The Balaban J connectivity index is 1.92. The number of alkyl halides is 1. The van der Waals surface area contributed by atoms with E-state index >= 15 is 0 Å². The molecule has 2 saturated heterocycles. The van der Waals surface area contributed by atoms with Gasteiger partial charge in [0.25, 0.3) is 5.85 Å². The average molecular weight is 531 g/mol. The van der Waals surface area contributed by atoms with Gasteiger partial charge in [-0.25, -0.2) is 4.39 Å². The molecule has 0 aromatic rings. The maximum atomic E-state index is 14.8. The van der Waals surface area contributed by atoms with Gasteiger partial charge in [0, 0.05) is 13.0 Å². The van der Waals surface area contributed by atoms with Crippen LogP contribution in [0.25, 0.3) is 0 Å². The molecule has 10 atom stereocenters. The number of aliphatic hydroxyl groups is 7. The highest BCUT2D eigenvalue weighted by Gasteiger charge is 2.59. The molecule has 36 heavy (non-hydrogen) atoms. The summed E-state index contributed by atoms with van der Waals surface area (Å²) in [6, 6.07) is 0. The van der Waals surface area contributed by atoms with Crippen molar-refractivity contribution in [2.75, 3.05) is 26.9 Å². The molecule has 14 heteroatoms. The van der Waals surface area contributed by atoms with Gasteiger partial charge in [0.1, 0.15) is 42.7 Å².